The third-order valence-electron chi connectivity index (χ3n) is 16.2. The van der Waals surface area contributed by atoms with Gasteiger partial charge in [0, 0.05) is 11.3 Å². The van der Waals surface area contributed by atoms with Crippen molar-refractivity contribution in [3.05, 3.63) is 11.1 Å². The number of fused-ring (bicyclic) bond motifs is 7. The number of ether oxygens (including phenoxy) is 1. The molecule has 0 aromatic carbocycles. The quantitative estimate of drug-likeness (QED) is 0.261. The number of aliphatic carboxylic acids is 1. The molecule has 6 nitrogen and oxygen atoms in total. The van der Waals surface area contributed by atoms with Gasteiger partial charge in [0.25, 0.3) is 0 Å². The van der Waals surface area contributed by atoms with Crippen LogP contribution in [-0.4, -0.2) is 53.5 Å². The zero-order valence-electron chi connectivity index (χ0n) is 31.9. The van der Waals surface area contributed by atoms with Crippen molar-refractivity contribution in [1.82, 2.24) is 4.90 Å². The highest BCUT2D eigenvalue weighted by molar-refractivity contribution is 6.01. The standard InChI is InChI=1S/C42H67NO5/c1-26(2)34-35-27(28(36(34)45)18-24-43-22-11-10-12-23-43)15-20-41(8)29(35)13-14-31-40(7)19-17-32(48-33(44)25-38(3,4)37(46)47)39(5,6)30(40)16-21-42(31,41)9/h26-32H,10-25H2,1-9H3,(H,46,47)/t27?,28-,29+,30-,31+,32-,40-,41+,42+/m0/s1. The van der Waals surface area contributed by atoms with Gasteiger partial charge in [0.05, 0.1) is 11.8 Å². The van der Waals surface area contributed by atoms with Crippen LogP contribution in [0.25, 0.3) is 0 Å². The van der Waals surface area contributed by atoms with Crippen molar-refractivity contribution in [3.8, 4) is 0 Å². The van der Waals surface area contributed by atoms with Crippen molar-refractivity contribution >= 4 is 17.7 Å². The molecule has 6 rings (SSSR count). The van der Waals surface area contributed by atoms with Crippen LogP contribution >= 0.6 is 0 Å². The average molecular weight is 666 g/mol. The van der Waals surface area contributed by atoms with Gasteiger partial charge in [-0.25, -0.2) is 0 Å². The molecule has 6 heteroatoms. The molecular formula is C42H67NO5. The van der Waals surface area contributed by atoms with E-state index in [1.54, 1.807) is 19.4 Å². The van der Waals surface area contributed by atoms with E-state index in [-0.39, 0.29) is 52.0 Å². The summed E-state index contributed by atoms with van der Waals surface area (Å²) in [6.07, 6.45) is 13.7. The number of hydrogen-bond acceptors (Lipinski definition) is 5. The number of carboxylic acid groups (broad SMARTS) is 1. The number of nitrogens with zero attached hydrogens (tertiary/aromatic N) is 1. The van der Waals surface area contributed by atoms with Crippen molar-refractivity contribution in [1.29, 1.82) is 0 Å². The number of Topliss-reactive ketones (excluding diaryl/α,β-unsaturated/α-hetero) is 1. The molecule has 48 heavy (non-hydrogen) atoms. The van der Waals surface area contributed by atoms with Crippen molar-refractivity contribution in [2.45, 2.75) is 152 Å². The monoisotopic (exact) mass is 666 g/mol. The van der Waals surface area contributed by atoms with Crippen LogP contribution in [0.5, 0.6) is 0 Å². The maximum Gasteiger partial charge on any atom is 0.309 e. The first-order valence-corrected chi connectivity index (χ1v) is 19.8. The van der Waals surface area contributed by atoms with Gasteiger partial charge < -0.3 is 14.7 Å². The van der Waals surface area contributed by atoms with E-state index in [1.807, 2.05) is 0 Å². The molecule has 0 spiro atoms. The Kier molecular flexibility index (Phi) is 9.42. The highest BCUT2D eigenvalue weighted by atomic mass is 16.5. The SMILES string of the molecule is CC(C)C1=C2C(CC[C@]3(C)[C@@H]2CC[C@@H]2[C@@]4(C)CC[C@H](OC(=O)CC(C)(C)C(=O)O)C(C)(C)[C@@H]4CC[C@]23C)[C@H](CCN2CCCCC2)C1=O. The van der Waals surface area contributed by atoms with Gasteiger partial charge in [-0.3, -0.25) is 14.4 Å². The summed E-state index contributed by atoms with van der Waals surface area (Å²) in [7, 11) is 0. The molecule has 1 N–H and O–H groups in total. The van der Waals surface area contributed by atoms with Gasteiger partial charge in [-0.05, 0) is 156 Å². The molecule has 4 saturated carbocycles. The smallest absolute Gasteiger partial charge is 0.309 e. The van der Waals surface area contributed by atoms with E-state index in [0.717, 1.165) is 38.6 Å². The summed E-state index contributed by atoms with van der Waals surface area (Å²) in [6.45, 7) is 23.7. The van der Waals surface area contributed by atoms with Gasteiger partial charge in [0.15, 0.2) is 5.78 Å². The minimum absolute atomic E-state index is 0.103. The molecule has 1 saturated heterocycles. The van der Waals surface area contributed by atoms with Gasteiger partial charge in [-0.2, -0.15) is 0 Å². The predicted molar refractivity (Wildman–Crippen MR) is 190 cm³/mol. The molecule has 6 aliphatic rings. The average Bonchev–Trinajstić information content (AvgIpc) is 3.29. The Morgan fingerprint density at radius 1 is 0.896 bits per heavy atom. The summed E-state index contributed by atoms with van der Waals surface area (Å²) in [5.74, 6) is 1.60. The zero-order chi connectivity index (χ0) is 35.0. The lowest BCUT2D eigenvalue weighted by molar-refractivity contribution is -0.232. The first kappa shape index (κ1) is 36.1. The number of ketones is 1. The molecule has 0 amide bonds. The van der Waals surface area contributed by atoms with Gasteiger partial charge in [0.1, 0.15) is 6.10 Å². The summed E-state index contributed by atoms with van der Waals surface area (Å²) >= 11 is 0. The van der Waals surface area contributed by atoms with Gasteiger partial charge in [-0.1, -0.05) is 60.5 Å². The lowest BCUT2D eigenvalue weighted by atomic mass is 9.33. The molecule has 1 unspecified atom stereocenters. The number of piperidine rings is 1. The van der Waals surface area contributed by atoms with Crippen LogP contribution in [0.15, 0.2) is 11.1 Å². The first-order valence-electron chi connectivity index (χ1n) is 19.8. The Balaban J connectivity index is 1.23. The number of esters is 1. The molecule has 0 radical (unpaired) electrons. The third-order valence-corrected chi connectivity index (χ3v) is 16.2. The topological polar surface area (TPSA) is 83.9 Å². The highest BCUT2D eigenvalue weighted by Gasteiger charge is 2.69. The van der Waals surface area contributed by atoms with Crippen molar-refractivity contribution in [2.75, 3.05) is 19.6 Å². The molecule has 0 aromatic rings. The van der Waals surface area contributed by atoms with E-state index in [1.165, 1.54) is 63.6 Å². The molecule has 1 heterocycles. The Bertz CT molecular complexity index is 1320. The number of carboxylic acids is 1. The number of likely N-dealkylation sites (tertiary alicyclic amines) is 1. The van der Waals surface area contributed by atoms with Crippen LogP contribution in [-0.2, 0) is 19.1 Å². The number of carbonyl (C=O) groups excluding carboxylic acids is 2. The third kappa shape index (κ3) is 5.56. The second-order valence-corrected chi connectivity index (χ2v) is 19.6. The van der Waals surface area contributed by atoms with Crippen LogP contribution in [0.3, 0.4) is 0 Å². The summed E-state index contributed by atoms with van der Waals surface area (Å²) in [4.78, 5) is 41.7. The van der Waals surface area contributed by atoms with E-state index < -0.39 is 11.4 Å². The number of hydrogen-bond donors (Lipinski definition) is 1. The normalized spacial score (nSPS) is 41.3. The Morgan fingerprint density at radius 3 is 2.21 bits per heavy atom. The first-order chi connectivity index (χ1) is 22.4. The van der Waals surface area contributed by atoms with Crippen molar-refractivity contribution in [2.24, 2.45) is 62.6 Å². The highest BCUT2D eigenvalue weighted by Crippen LogP contribution is 2.75. The minimum atomic E-state index is -1.13. The minimum Gasteiger partial charge on any atom is -0.481 e. The van der Waals surface area contributed by atoms with E-state index >= 15 is 0 Å². The van der Waals surface area contributed by atoms with E-state index in [9.17, 15) is 19.5 Å². The Hall–Kier alpha value is -1.69. The molecule has 0 bridgehead atoms. The second kappa shape index (κ2) is 12.5. The van der Waals surface area contributed by atoms with Crippen molar-refractivity contribution in [3.63, 3.8) is 0 Å². The van der Waals surface area contributed by atoms with E-state index in [4.69, 9.17) is 4.74 Å². The van der Waals surface area contributed by atoms with Crippen LogP contribution in [0.1, 0.15) is 146 Å². The molecule has 270 valence electrons. The number of rotatable bonds is 8. The van der Waals surface area contributed by atoms with Crippen LogP contribution in [0.2, 0.25) is 0 Å². The fourth-order valence-corrected chi connectivity index (χ4v) is 13.4. The molecule has 5 fully saturated rings. The Morgan fingerprint density at radius 2 is 1.56 bits per heavy atom. The lowest BCUT2D eigenvalue weighted by Gasteiger charge is -2.71. The van der Waals surface area contributed by atoms with Gasteiger partial charge in [0.2, 0.25) is 0 Å². The van der Waals surface area contributed by atoms with Gasteiger partial charge >= 0.3 is 11.9 Å². The van der Waals surface area contributed by atoms with Crippen LogP contribution in [0, 0.1) is 62.6 Å². The molecule has 9 atom stereocenters. The van der Waals surface area contributed by atoms with Crippen molar-refractivity contribution < 1.29 is 24.2 Å². The maximum atomic E-state index is 14.3. The molecule has 1 aliphatic heterocycles. The lowest BCUT2D eigenvalue weighted by Crippen LogP contribution is -2.65. The molecule has 5 aliphatic carbocycles. The van der Waals surface area contributed by atoms with Gasteiger partial charge in [-0.15, -0.1) is 0 Å². The summed E-state index contributed by atoms with van der Waals surface area (Å²) in [5, 5.41) is 9.59. The number of allylic oxidation sites excluding steroid dienone is 2. The second-order valence-electron chi connectivity index (χ2n) is 19.6. The summed E-state index contributed by atoms with van der Waals surface area (Å²) < 4.78 is 6.17. The molecular weight excluding hydrogens is 598 g/mol. The van der Waals surface area contributed by atoms with E-state index in [0.29, 0.717) is 29.5 Å². The maximum absolute atomic E-state index is 14.3. The molecule has 0 aromatic heterocycles. The van der Waals surface area contributed by atoms with Crippen LogP contribution in [0.4, 0.5) is 0 Å². The summed E-state index contributed by atoms with van der Waals surface area (Å²) in [6, 6.07) is 0. The van der Waals surface area contributed by atoms with E-state index in [2.05, 4.69) is 53.4 Å². The fourth-order valence-electron chi connectivity index (χ4n) is 13.4. The Labute approximate surface area is 291 Å². The largest absolute Gasteiger partial charge is 0.481 e. The fraction of sp³-hybridized carbons (Fsp3) is 0.881. The predicted octanol–water partition coefficient (Wildman–Crippen LogP) is 9.11. The zero-order valence-corrected chi connectivity index (χ0v) is 31.9. The summed E-state index contributed by atoms with van der Waals surface area (Å²) in [5.41, 5.74) is 2.03. The number of carbonyl (C=O) groups is 3. The van der Waals surface area contributed by atoms with Crippen LogP contribution < -0.4 is 0 Å².